The van der Waals surface area contributed by atoms with Gasteiger partial charge in [-0.2, -0.15) is 0 Å². The molecule has 0 saturated carbocycles. The van der Waals surface area contributed by atoms with E-state index in [4.69, 9.17) is 23.2 Å². The van der Waals surface area contributed by atoms with Crippen LogP contribution in [0.2, 0.25) is 10.0 Å². The van der Waals surface area contributed by atoms with E-state index in [1.165, 1.54) is 0 Å². The second kappa shape index (κ2) is 6.10. The Hall–Kier alpha value is -1.22. The molecule has 2 N–H and O–H groups in total. The zero-order valence-corrected chi connectivity index (χ0v) is 11.1. The van der Waals surface area contributed by atoms with Crippen LogP contribution in [0.1, 0.15) is 11.7 Å². The highest BCUT2D eigenvalue weighted by Crippen LogP contribution is 2.19. The maximum Gasteiger partial charge on any atom is 0.0962 e. The van der Waals surface area contributed by atoms with Crippen LogP contribution < -0.4 is 5.32 Å². The molecule has 0 fully saturated rings. The third-order valence-corrected chi connectivity index (χ3v) is 3.07. The van der Waals surface area contributed by atoms with Crippen LogP contribution in [-0.4, -0.2) is 11.7 Å². The summed E-state index contributed by atoms with van der Waals surface area (Å²) in [7, 11) is 0. The maximum atomic E-state index is 10.0. The van der Waals surface area contributed by atoms with Crippen molar-refractivity contribution in [2.24, 2.45) is 0 Å². The average molecular weight is 282 g/mol. The molecule has 0 aliphatic heterocycles. The van der Waals surface area contributed by atoms with E-state index in [2.05, 4.69) is 5.32 Å². The number of halogens is 2. The summed E-state index contributed by atoms with van der Waals surface area (Å²) in [5, 5.41) is 14.5. The minimum Gasteiger partial charge on any atom is -0.387 e. The van der Waals surface area contributed by atoms with Crippen molar-refractivity contribution in [2.45, 2.75) is 6.10 Å². The van der Waals surface area contributed by atoms with Gasteiger partial charge in [0.25, 0.3) is 0 Å². The van der Waals surface area contributed by atoms with Gasteiger partial charge in [-0.05, 0) is 35.9 Å². The molecule has 2 aromatic rings. The molecule has 94 valence electrons. The zero-order valence-electron chi connectivity index (χ0n) is 9.61. The molecule has 2 aromatic carbocycles. The van der Waals surface area contributed by atoms with Gasteiger partial charge in [-0.15, -0.1) is 0 Å². The molecule has 0 amide bonds. The summed E-state index contributed by atoms with van der Waals surface area (Å²) in [6.07, 6.45) is -0.582. The van der Waals surface area contributed by atoms with Crippen LogP contribution >= 0.6 is 23.2 Å². The average Bonchev–Trinajstić information content (AvgIpc) is 2.37. The zero-order chi connectivity index (χ0) is 13.0. The predicted octanol–water partition coefficient (Wildman–Crippen LogP) is 4.14. The molecule has 2 rings (SSSR count). The van der Waals surface area contributed by atoms with Crippen LogP contribution in [-0.2, 0) is 0 Å². The summed E-state index contributed by atoms with van der Waals surface area (Å²) in [4.78, 5) is 0. The second-order valence-electron chi connectivity index (χ2n) is 3.96. The van der Waals surface area contributed by atoms with E-state index in [9.17, 15) is 5.11 Å². The number of benzene rings is 2. The summed E-state index contributed by atoms with van der Waals surface area (Å²) in [5.41, 5.74) is 1.71. The molecule has 0 aliphatic rings. The Morgan fingerprint density at radius 1 is 1.00 bits per heavy atom. The van der Waals surface area contributed by atoms with E-state index in [1.54, 1.807) is 12.1 Å². The molecule has 0 saturated heterocycles. The van der Waals surface area contributed by atoms with Gasteiger partial charge >= 0.3 is 0 Å². The van der Waals surface area contributed by atoms with E-state index < -0.39 is 6.10 Å². The van der Waals surface area contributed by atoms with Gasteiger partial charge in [-0.25, -0.2) is 0 Å². The topological polar surface area (TPSA) is 32.3 Å². The minimum absolute atomic E-state index is 0.419. The molecule has 2 nitrogen and oxygen atoms in total. The maximum absolute atomic E-state index is 10.0. The van der Waals surface area contributed by atoms with Crippen molar-refractivity contribution in [2.75, 3.05) is 11.9 Å². The molecule has 4 heteroatoms. The minimum atomic E-state index is -0.582. The van der Waals surface area contributed by atoms with Crippen LogP contribution in [0.3, 0.4) is 0 Å². The molecule has 0 heterocycles. The summed E-state index contributed by atoms with van der Waals surface area (Å²) >= 11 is 11.7. The molecule has 1 atom stereocenters. The largest absolute Gasteiger partial charge is 0.387 e. The van der Waals surface area contributed by atoms with E-state index in [0.29, 0.717) is 16.6 Å². The van der Waals surface area contributed by atoms with Gasteiger partial charge in [0.1, 0.15) is 0 Å². The molecule has 0 radical (unpaired) electrons. The van der Waals surface area contributed by atoms with Gasteiger partial charge in [0.15, 0.2) is 0 Å². The molecule has 1 unspecified atom stereocenters. The van der Waals surface area contributed by atoms with Crippen LogP contribution in [0.5, 0.6) is 0 Å². The Bertz CT molecular complexity index is 513. The van der Waals surface area contributed by atoms with Crippen molar-refractivity contribution in [1.29, 1.82) is 0 Å². The predicted molar refractivity (Wildman–Crippen MR) is 76.4 cm³/mol. The molecular formula is C14H13Cl2NO. The molecule has 0 bridgehead atoms. The van der Waals surface area contributed by atoms with Gasteiger partial charge in [0.05, 0.1) is 6.10 Å². The fourth-order valence-electron chi connectivity index (χ4n) is 1.62. The highest BCUT2D eigenvalue weighted by molar-refractivity contribution is 6.31. The molecule has 18 heavy (non-hydrogen) atoms. The van der Waals surface area contributed by atoms with Crippen molar-refractivity contribution >= 4 is 28.9 Å². The Labute approximate surface area is 116 Å². The van der Waals surface area contributed by atoms with Crippen molar-refractivity contribution in [1.82, 2.24) is 0 Å². The van der Waals surface area contributed by atoms with Crippen LogP contribution in [0, 0.1) is 0 Å². The van der Waals surface area contributed by atoms with Crippen molar-refractivity contribution < 1.29 is 5.11 Å². The quantitative estimate of drug-likeness (QED) is 0.883. The van der Waals surface area contributed by atoms with E-state index >= 15 is 0 Å². The monoisotopic (exact) mass is 281 g/mol. The Morgan fingerprint density at radius 2 is 1.72 bits per heavy atom. The number of aliphatic hydroxyl groups is 1. The number of aliphatic hydroxyl groups excluding tert-OH is 1. The Balaban J connectivity index is 1.96. The molecule has 0 spiro atoms. The highest BCUT2D eigenvalue weighted by Gasteiger charge is 2.06. The summed E-state index contributed by atoms with van der Waals surface area (Å²) < 4.78 is 0. The van der Waals surface area contributed by atoms with Crippen molar-refractivity contribution in [3.8, 4) is 0 Å². The highest BCUT2D eigenvalue weighted by atomic mass is 35.5. The lowest BCUT2D eigenvalue weighted by molar-refractivity contribution is 0.191. The lowest BCUT2D eigenvalue weighted by atomic mass is 10.1. The first-order valence-corrected chi connectivity index (χ1v) is 6.34. The van der Waals surface area contributed by atoms with Crippen LogP contribution in [0.15, 0.2) is 48.5 Å². The van der Waals surface area contributed by atoms with E-state index in [0.717, 1.165) is 11.3 Å². The summed E-state index contributed by atoms with van der Waals surface area (Å²) in [6.45, 7) is 0.419. The standard InChI is InChI=1S/C14H13Cl2NO/c15-11-6-4-10(5-7-11)14(18)9-17-13-3-1-2-12(16)8-13/h1-8,14,17-18H,9H2. The summed E-state index contributed by atoms with van der Waals surface area (Å²) in [5.74, 6) is 0. The first kappa shape index (κ1) is 13.2. The van der Waals surface area contributed by atoms with Gasteiger partial charge in [0, 0.05) is 22.3 Å². The van der Waals surface area contributed by atoms with E-state index in [-0.39, 0.29) is 0 Å². The Kier molecular flexibility index (Phi) is 4.48. The molecular weight excluding hydrogens is 269 g/mol. The number of nitrogens with one attached hydrogen (secondary N) is 1. The normalized spacial score (nSPS) is 12.2. The smallest absolute Gasteiger partial charge is 0.0962 e. The molecule has 0 aromatic heterocycles. The summed E-state index contributed by atoms with van der Waals surface area (Å²) in [6, 6.07) is 14.5. The lowest BCUT2D eigenvalue weighted by Gasteiger charge is -2.13. The third kappa shape index (κ3) is 3.64. The van der Waals surface area contributed by atoms with Gasteiger partial charge in [-0.1, -0.05) is 41.4 Å². The fraction of sp³-hybridized carbons (Fsp3) is 0.143. The second-order valence-corrected chi connectivity index (χ2v) is 4.83. The lowest BCUT2D eigenvalue weighted by Crippen LogP contribution is -2.11. The van der Waals surface area contributed by atoms with E-state index in [1.807, 2.05) is 36.4 Å². The number of anilines is 1. The fourth-order valence-corrected chi connectivity index (χ4v) is 1.93. The third-order valence-electron chi connectivity index (χ3n) is 2.58. The van der Waals surface area contributed by atoms with Crippen LogP contribution in [0.25, 0.3) is 0 Å². The number of rotatable bonds is 4. The molecule has 0 aliphatic carbocycles. The first-order valence-electron chi connectivity index (χ1n) is 5.58. The van der Waals surface area contributed by atoms with Gasteiger partial charge < -0.3 is 10.4 Å². The van der Waals surface area contributed by atoms with Crippen molar-refractivity contribution in [3.63, 3.8) is 0 Å². The van der Waals surface area contributed by atoms with Crippen LogP contribution in [0.4, 0.5) is 5.69 Å². The first-order chi connectivity index (χ1) is 8.65. The van der Waals surface area contributed by atoms with Gasteiger partial charge in [0.2, 0.25) is 0 Å². The SMILES string of the molecule is OC(CNc1cccc(Cl)c1)c1ccc(Cl)cc1. The number of hydrogen-bond acceptors (Lipinski definition) is 2. The van der Waals surface area contributed by atoms with Gasteiger partial charge in [-0.3, -0.25) is 0 Å². The number of hydrogen-bond donors (Lipinski definition) is 2. The van der Waals surface area contributed by atoms with Crippen molar-refractivity contribution in [3.05, 3.63) is 64.1 Å². The Morgan fingerprint density at radius 3 is 2.39 bits per heavy atom.